The second kappa shape index (κ2) is 12.5. The third-order valence-electron chi connectivity index (χ3n) is 7.34. The van der Waals surface area contributed by atoms with E-state index in [2.05, 4.69) is 25.2 Å². The lowest BCUT2D eigenvalue weighted by molar-refractivity contribution is -0.140. The Morgan fingerprint density at radius 1 is 1.27 bits per heavy atom. The van der Waals surface area contributed by atoms with Gasteiger partial charge >= 0.3 is 5.97 Å². The van der Waals surface area contributed by atoms with Gasteiger partial charge in [0.15, 0.2) is 0 Å². The Hall–Kier alpha value is -1.98. The third kappa shape index (κ3) is 6.54. The predicted molar refractivity (Wildman–Crippen MR) is 128 cm³/mol. The third-order valence-corrected chi connectivity index (χ3v) is 7.34. The highest BCUT2D eigenvalue weighted by molar-refractivity contribution is 5.69. The van der Waals surface area contributed by atoms with E-state index >= 15 is 0 Å². The summed E-state index contributed by atoms with van der Waals surface area (Å²) in [7, 11) is 1.42. The lowest BCUT2D eigenvalue weighted by Gasteiger charge is -2.38. The molecule has 1 heterocycles. The van der Waals surface area contributed by atoms with Gasteiger partial charge in [-0.25, -0.2) is 4.39 Å². The highest BCUT2D eigenvalue weighted by Gasteiger charge is 2.58. The molecule has 1 aromatic rings. The van der Waals surface area contributed by atoms with Crippen molar-refractivity contribution in [2.24, 2.45) is 11.8 Å². The van der Waals surface area contributed by atoms with Gasteiger partial charge in [0.05, 0.1) is 25.9 Å². The first-order valence-electron chi connectivity index (χ1n) is 12.5. The largest absolute Gasteiger partial charge is 0.469 e. The van der Waals surface area contributed by atoms with E-state index in [0.29, 0.717) is 18.9 Å². The molecular weight excluding hydrogens is 419 g/mol. The summed E-state index contributed by atoms with van der Waals surface area (Å²) in [4.78, 5) is 11.3. The Balaban J connectivity index is 1.71. The molecule has 0 radical (unpaired) electrons. The van der Waals surface area contributed by atoms with Gasteiger partial charge in [-0.1, -0.05) is 62.6 Å². The van der Waals surface area contributed by atoms with E-state index in [4.69, 9.17) is 9.47 Å². The fourth-order valence-electron chi connectivity index (χ4n) is 5.49. The lowest BCUT2D eigenvalue weighted by Crippen LogP contribution is -2.39. The Kier molecular flexibility index (Phi) is 9.69. The standard InChI is InChI=1S/C28H39FO4/c1-3-4-7-10-23(30)17-18-24-25(11-8-5-6-9-12-27(31)32-2)28(19-26(24)33-20-28)21-13-15-22(29)16-14-21/h5,8,13-18,23-26,30H,3-4,6-7,9-12,19-20H2,1-2H3/b8-5-,18-17+/t23-,24+,25+,26+,28+/m0/s1. The van der Waals surface area contributed by atoms with E-state index in [9.17, 15) is 14.3 Å². The van der Waals surface area contributed by atoms with Crippen LogP contribution >= 0.6 is 0 Å². The first-order valence-corrected chi connectivity index (χ1v) is 12.5. The second-order valence-electron chi connectivity index (χ2n) is 9.52. The number of methoxy groups -OCH3 is 1. The van der Waals surface area contributed by atoms with E-state index < -0.39 is 6.10 Å². The number of carbonyl (C=O) groups excluding carboxylic acids is 1. The van der Waals surface area contributed by atoms with Crippen LogP contribution in [0.3, 0.4) is 0 Å². The predicted octanol–water partition coefficient (Wildman–Crippen LogP) is 5.89. The highest BCUT2D eigenvalue weighted by atomic mass is 19.1. The van der Waals surface area contributed by atoms with Crippen LogP contribution in [0.15, 0.2) is 48.6 Å². The van der Waals surface area contributed by atoms with Crippen molar-refractivity contribution in [1.82, 2.24) is 0 Å². The minimum atomic E-state index is -0.424. The number of allylic oxidation sites excluding steroid dienone is 2. The van der Waals surface area contributed by atoms with Crippen LogP contribution in [-0.4, -0.2) is 37.0 Å². The molecule has 1 aliphatic heterocycles. The molecule has 182 valence electrons. The van der Waals surface area contributed by atoms with E-state index in [0.717, 1.165) is 56.9 Å². The van der Waals surface area contributed by atoms with Gasteiger partial charge in [0.25, 0.3) is 0 Å². The first kappa shape index (κ1) is 25.6. The Bertz CT molecular complexity index is 803. The maximum atomic E-state index is 13.6. The van der Waals surface area contributed by atoms with Crippen LogP contribution < -0.4 is 0 Å². The smallest absolute Gasteiger partial charge is 0.305 e. The average molecular weight is 459 g/mol. The van der Waals surface area contributed by atoms with Gasteiger partial charge in [0.1, 0.15) is 5.82 Å². The van der Waals surface area contributed by atoms with Gasteiger partial charge < -0.3 is 14.6 Å². The van der Waals surface area contributed by atoms with Gasteiger partial charge in [-0.2, -0.15) is 0 Å². The van der Waals surface area contributed by atoms with Crippen molar-refractivity contribution in [1.29, 1.82) is 0 Å². The van der Waals surface area contributed by atoms with Crippen molar-refractivity contribution in [2.75, 3.05) is 13.7 Å². The molecule has 0 amide bonds. The summed E-state index contributed by atoms with van der Waals surface area (Å²) in [5, 5.41) is 10.4. The van der Waals surface area contributed by atoms with E-state index in [1.165, 1.54) is 19.2 Å². The minimum Gasteiger partial charge on any atom is -0.469 e. The van der Waals surface area contributed by atoms with Crippen molar-refractivity contribution < 1.29 is 23.8 Å². The van der Waals surface area contributed by atoms with Gasteiger partial charge in [-0.05, 0) is 55.7 Å². The van der Waals surface area contributed by atoms with Crippen molar-refractivity contribution in [3.63, 3.8) is 0 Å². The van der Waals surface area contributed by atoms with E-state index in [-0.39, 0.29) is 29.2 Å². The SMILES string of the molecule is CCCCC[C@H](O)/C=C/[C@@H]1[C@@H](C/C=C\CCCC(=O)OC)[C@@]2(c3ccc(F)cc3)CO[C@@H]1C2. The van der Waals surface area contributed by atoms with Gasteiger partial charge in [-0.3, -0.25) is 4.79 Å². The molecule has 1 aliphatic carbocycles. The average Bonchev–Trinajstić information content (AvgIpc) is 3.38. The number of carbonyl (C=O) groups is 1. The summed E-state index contributed by atoms with van der Waals surface area (Å²) >= 11 is 0. The number of esters is 1. The number of ether oxygens (including phenoxy) is 2. The van der Waals surface area contributed by atoms with Gasteiger partial charge in [0.2, 0.25) is 0 Å². The number of aliphatic hydroxyl groups excluding tert-OH is 1. The Labute approximate surface area is 197 Å². The van der Waals surface area contributed by atoms with Gasteiger partial charge in [-0.15, -0.1) is 0 Å². The summed E-state index contributed by atoms with van der Waals surface area (Å²) in [6.45, 7) is 2.81. The van der Waals surface area contributed by atoms with Crippen LogP contribution in [0.2, 0.25) is 0 Å². The van der Waals surface area contributed by atoms with Crippen LogP contribution in [0.25, 0.3) is 0 Å². The monoisotopic (exact) mass is 458 g/mol. The molecule has 3 rings (SSSR count). The highest BCUT2D eigenvalue weighted by Crippen LogP contribution is 2.57. The summed E-state index contributed by atoms with van der Waals surface area (Å²) in [5.41, 5.74) is 0.992. The lowest BCUT2D eigenvalue weighted by atomic mass is 9.69. The van der Waals surface area contributed by atoms with E-state index in [1.807, 2.05) is 18.2 Å². The van der Waals surface area contributed by atoms with Crippen LogP contribution in [0, 0.1) is 17.7 Å². The maximum Gasteiger partial charge on any atom is 0.305 e. The molecule has 1 N–H and O–H groups in total. The number of aliphatic hydroxyl groups is 1. The zero-order valence-corrected chi connectivity index (χ0v) is 20.0. The molecule has 0 spiro atoms. The number of benzene rings is 1. The number of halogens is 1. The number of fused-ring (bicyclic) bond motifs is 2. The fourth-order valence-corrected chi connectivity index (χ4v) is 5.49. The van der Waals surface area contributed by atoms with Crippen LogP contribution in [0.4, 0.5) is 4.39 Å². The summed E-state index contributed by atoms with van der Waals surface area (Å²) in [5.74, 6) is 0.130. The molecule has 2 fully saturated rings. The molecule has 0 unspecified atom stereocenters. The first-order chi connectivity index (χ1) is 16.0. The summed E-state index contributed by atoms with van der Waals surface area (Å²) in [6.07, 6.45) is 16.1. The topological polar surface area (TPSA) is 55.8 Å². The molecule has 4 nitrogen and oxygen atoms in total. The molecule has 2 aliphatic rings. The van der Waals surface area contributed by atoms with Gasteiger partial charge in [0, 0.05) is 17.8 Å². The van der Waals surface area contributed by atoms with Crippen LogP contribution in [0.5, 0.6) is 0 Å². The quantitative estimate of drug-likeness (QED) is 0.228. The normalized spacial score (nSPS) is 27.6. The molecule has 0 aromatic heterocycles. The zero-order chi connectivity index (χ0) is 23.7. The molecule has 1 saturated heterocycles. The summed E-state index contributed by atoms with van der Waals surface area (Å²) < 4.78 is 24.5. The van der Waals surface area contributed by atoms with Crippen molar-refractivity contribution >= 4 is 5.97 Å². The number of rotatable bonds is 13. The Morgan fingerprint density at radius 2 is 2.06 bits per heavy atom. The molecule has 1 aromatic carbocycles. The van der Waals surface area contributed by atoms with Crippen molar-refractivity contribution in [3.05, 3.63) is 60.0 Å². The van der Waals surface area contributed by atoms with Crippen molar-refractivity contribution in [3.8, 4) is 0 Å². The number of hydrogen-bond donors (Lipinski definition) is 1. The fraction of sp³-hybridized carbons (Fsp3) is 0.607. The number of unbranched alkanes of at least 4 members (excludes halogenated alkanes) is 3. The maximum absolute atomic E-state index is 13.6. The van der Waals surface area contributed by atoms with E-state index in [1.54, 1.807) is 0 Å². The Morgan fingerprint density at radius 3 is 2.79 bits per heavy atom. The molecule has 33 heavy (non-hydrogen) atoms. The molecule has 5 atom stereocenters. The molecule has 2 bridgehead atoms. The minimum absolute atomic E-state index is 0.117. The zero-order valence-electron chi connectivity index (χ0n) is 20.0. The van der Waals surface area contributed by atoms with Crippen molar-refractivity contribution in [2.45, 2.75) is 82.3 Å². The van der Waals surface area contributed by atoms with Crippen LogP contribution in [0.1, 0.15) is 70.3 Å². The number of hydrogen-bond acceptors (Lipinski definition) is 4. The second-order valence-corrected chi connectivity index (χ2v) is 9.52. The molecular formula is C28H39FO4. The van der Waals surface area contributed by atoms with Crippen LogP contribution in [-0.2, 0) is 19.7 Å². The molecule has 1 saturated carbocycles. The molecule has 5 heteroatoms. The summed E-state index contributed by atoms with van der Waals surface area (Å²) in [6, 6.07) is 6.88.